The molecule has 1 aliphatic carbocycles. The number of ether oxygens (including phenoxy) is 1. The van der Waals surface area contributed by atoms with Gasteiger partial charge in [0.1, 0.15) is 0 Å². The summed E-state index contributed by atoms with van der Waals surface area (Å²) in [7, 11) is 0. The number of aromatic nitrogens is 3. The fourth-order valence-corrected chi connectivity index (χ4v) is 3.17. The van der Waals surface area contributed by atoms with E-state index >= 15 is 0 Å². The first-order valence-electron chi connectivity index (χ1n) is 8.87. The Hall–Kier alpha value is -2.41. The van der Waals surface area contributed by atoms with Gasteiger partial charge in [-0.05, 0) is 43.0 Å². The molecule has 0 spiro atoms. The van der Waals surface area contributed by atoms with Crippen LogP contribution in [0.15, 0.2) is 36.8 Å². The number of pyridine rings is 1. The fraction of sp³-hybridized carbons (Fsp3) is 0.500. The van der Waals surface area contributed by atoms with E-state index in [0.717, 1.165) is 50.4 Å². The minimum Gasteiger partial charge on any atom is -0.381 e. The molecule has 2 aromatic heterocycles. The Labute approximate surface area is 147 Å². The van der Waals surface area contributed by atoms with Crippen molar-refractivity contribution in [2.45, 2.75) is 31.8 Å². The van der Waals surface area contributed by atoms with Crippen LogP contribution in [0.5, 0.6) is 0 Å². The molecule has 2 aromatic rings. The van der Waals surface area contributed by atoms with Gasteiger partial charge in [-0.25, -0.2) is 14.5 Å². The predicted molar refractivity (Wildman–Crippen MR) is 92.2 cm³/mol. The van der Waals surface area contributed by atoms with E-state index < -0.39 is 0 Å². The van der Waals surface area contributed by atoms with Crippen molar-refractivity contribution >= 4 is 6.03 Å². The van der Waals surface area contributed by atoms with Crippen molar-refractivity contribution in [1.29, 1.82) is 0 Å². The molecule has 7 heteroatoms. The number of hydrogen-bond acceptors (Lipinski definition) is 4. The zero-order valence-electron chi connectivity index (χ0n) is 14.2. The standard InChI is InChI=1S/C18H23N5O2/c24-18(22(16-2-3-16)12-15-5-9-25-13-15)20-11-14-4-7-19-17(10-14)23-8-1-6-21-23/h1,4,6-8,10,15-16H,2-3,5,9,11-13H2,(H,20,24). The molecule has 132 valence electrons. The van der Waals surface area contributed by atoms with Gasteiger partial charge in [-0.1, -0.05) is 0 Å². The molecule has 0 aromatic carbocycles. The summed E-state index contributed by atoms with van der Waals surface area (Å²) in [6.07, 6.45) is 8.58. The van der Waals surface area contributed by atoms with E-state index in [1.807, 2.05) is 29.3 Å². The van der Waals surface area contributed by atoms with Gasteiger partial charge in [0, 0.05) is 50.2 Å². The third kappa shape index (κ3) is 3.99. The molecule has 1 saturated heterocycles. The summed E-state index contributed by atoms with van der Waals surface area (Å²) in [6, 6.07) is 6.14. The van der Waals surface area contributed by atoms with Crippen LogP contribution < -0.4 is 5.32 Å². The van der Waals surface area contributed by atoms with Crippen molar-refractivity contribution in [1.82, 2.24) is 25.0 Å². The first kappa shape index (κ1) is 16.1. The van der Waals surface area contributed by atoms with Crippen molar-refractivity contribution < 1.29 is 9.53 Å². The molecule has 2 aliphatic rings. The van der Waals surface area contributed by atoms with Gasteiger partial charge >= 0.3 is 6.03 Å². The molecule has 1 aliphatic heterocycles. The maximum atomic E-state index is 12.6. The highest BCUT2D eigenvalue weighted by atomic mass is 16.5. The smallest absolute Gasteiger partial charge is 0.317 e. The number of nitrogens with zero attached hydrogens (tertiary/aromatic N) is 4. The number of carbonyl (C=O) groups is 1. The van der Waals surface area contributed by atoms with Crippen LogP contribution in [0.1, 0.15) is 24.8 Å². The molecule has 2 fully saturated rings. The topological polar surface area (TPSA) is 72.3 Å². The SMILES string of the molecule is O=C(NCc1ccnc(-n2cccn2)c1)N(CC1CCOC1)C1CC1. The van der Waals surface area contributed by atoms with Crippen molar-refractivity contribution in [2.24, 2.45) is 5.92 Å². The van der Waals surface area contributed by atoms with Crippen LogP contribution in [-0.4, -0.2) is 51.5 Å². The molecule has 0 bridgehead atoms. The number of nitrogens with one attached hydrogen (secondary N) is 1. The molecule has 25 heavy (non-hydrogen) atoms. The van der Waals surface area contributed by atoms with E-state index in [2.05, 4.69) is 15.4 Å². The molecule has 4 rings (SSSR count). The summed E-state index contributed by atoms with van der Waals surface area (Å²) in [4.78, 5) is 18.9. The van der Waals surface area contributed by atoms with Crippen molar-refractivity contribution in [3.63, 3.8) is 0 Å². The lowest BCUT2D eigenvalue weighted by atomic mass is 10.1. The summed E-state index contributed by atoms with van der Waals surface area (Å²) < 4.78 is 7.15. The minimum atomic E-state index is 0.0202. The quantitative estimate of drug-likeness (QED) is 0.872. The van der Waals surface area contributed by atoms with Gasteiger partial charge in [-0.2, -0.15) is 5.10 Å². The van der Waals surface area contributed by atoms with Crippen LogP contribution in [0.2, 0.25) is 0 Å². The summed E-state index contributed by atoms with van der Waals surface area (Å²) in [5.41, 5.74) is 1.01. The Bertz CT molecular complexity index is 708. The number of amides is 2. The van der Waals surface area contributed by atoms with E-state index in [1.54, 1.807) is 17.1 Å². The second kappa shape index (κ2) is 7.23. The molecule has 2 amide bonds. The zero-order chi connectivity index (χ0) is 17.1. The van der Waals surface area contributed by atoms with Gasteiger partial charge in [0.05, 0.1) is 6.61 Å². The summed E-state index contributed by atoms with van der Waals surface area (Å²) >= 11 is 0. The maximum Gasteiger partial charge on any atom is 0.317 e. The molecule has 3 heterocycles. The third-order valence-electron chi connectivity index (χ3n) is 4.72. The zero-order valence-corrected chi connectivity index (χ0v) is 14.2. The highest BCUT2D eigenvalue weighted by Crippen LogP contribution is 2.29. The summed E-state index contributed by atoms with van der Waals surface area (Å²) in [5.74, 6) is 1.22. The molecule has 7 nitrogen and oxygen atoms in total. The van der Waals surface area contributed by atoms with Crippen LogP contribution >= 0.6 is 0 Å². The van der Waals surface area contributed by atoms with Gasteiger partial charge in [-0.3, -0.25) is 0 Å². The van der Waals surface area contributed by atoms with Crippen LogP contribution in [0.3, 0.4) is 0 Å². The van der Waals surface area contributed by atoms with Crippen LogP contribution in [0, 0.1) is 5.92 Å². The predicted octanol–water partition coefficient (Wildman–Crippen LogP) is 1.98. The number of hydrogen-bond donors (Lipinski definition) is 1. The third-order valence-corrected chi connectivity index (χ3v) is 4.72. The lowest BCUT2D eigenvalue weighted by molar-refractivity contribution is 0.162. The minimum absolute atomic E-state index is 0.0202. The Morgan fingerprint density at radius 2 is 2.28 bits per heavy atom. The lowest BCUT2D eigenvalue weighted by Gasteiger charge is -2.25. The highest BCUT2D eigenvalue weighted by Gasteiger charge is 2.34. The van der Waals surface area contributed by atoms with E-state index in [9.17, 15) is 4.79 Å². The second-order valence-electron chi connectivity index (χ2n) is 6.74. The van der Waals surface area contributed by atoms with Gasteiger partial charge < -0.3 is 15.0 Å². The average Bonchev–Trinajstić information content (AvgIpc) is 3.12. The molecular formula is C18H23N5O2. The largest absolute Gasteiger partial charge is 0.381 e. The first-order valence-corrected chi connectivity index (χ1v) is 8.87. The number of carbonyl (C=O) groups excluding carboxylic acids is 1. The first-order chi connectivity index (χ1) is 12.3. The molecule has 1 N–H and O–H groups in total. The number of urea groups is 1. The Balaban J connectivity index is 1.36. The Morgan fingerprint density at radius 1 is 1.36 bits per heavy atom. The normalized spacial score (nSPS) is 19.8. The van der Waals surface area contributed by atoms with E-state index in [0.29, 0.717) is 18.5 Å². The second-order valence-corrected chi connectivity index (χ2v) is 6.74. The average molecular weight is 341 g/mol. The summed E-state index contributed by atoms with van der Waals surface area (Å²) in [6.45, 7) is 2.87. The summed E-state index contributed by atoms with van der Waals surface area (Å²) in [5, 5.41) is 7.24. The number of rotatable bonds is 6. The molecule has 1 saturated carbocycles. The molecule has 1 atom stereocenters. The van der Waals surface area contributed by atoms with Gasteiger partial charge in [0.15, 0.2) is 5.82 Å². The van der Waals surface area contributed by atoms with Crippen molar-refractivity contribution in [3.05, 3.63) is 42.4 Å². The molecule has 0 radical (unpaired) electrons. The fourth-order valence-electron chi connectivity index (χ4n) is 3.17. The monoisotopic (exact) mass is 341 g/mol. The van der Waals surface area contributed by atoms with E-state index in [1.165, 1.54) is 0 Å². The van der Waals surface area contributed by atoms with Gasteiger partial charge in [0.25, 0.3) is 0 Å². The highest BCUT2D eigenvalue weighted by molar-refractivity contribution is 5.75. The van der Waals surface area contributed by atoms with Crippen molar-refractivity contribution in [2.75, 3.05) is 19.8 Å². The maximum absolute atomic E-state index is 12.6. The Morgan fingerprint density at radius 3 is 3.00 bits per heavy atom. The van der Waals surface area contributed by atoms with Crippen LogP contribution in [-0.2, 0) is 11.3 Å². The van der Waals surface area contributed by atoms with Crippen LogP contribution in [0.25, 0.3) is 5.82 Å². The van der Waals surface area contributed by atoms with E-state index in [4.69, 9.17) is 4.74 Å². The van der Waals surface area contributed by atoms with Crippen molar-refractivity contribution in [3.8, 4) is 5.82 Å². The molecular weight excluding hydrogens is 318 g/mol. The van der Waals surface area contributed by atoms with E-state index in [-0.39, 0.29) is 6.03 Å². The molecule has 1 unspecified atom stereocenters. The van der Waals surface area contributed by atoms with Crippen LogP contribution in [0.4, 0.5) is 4.79 Å². The van der Waals surface area contributed by atoms with Gasteiger partial charge in [-0.15, -0.1) is 0 Å². The Kier molecular flexibility index (Phi) is 4.65. The van der Waals surface area contributed by atoms with Gasteiger partial charge in [0.2, 0.25) is 0 Å². The lowest BCUT2D eigenvalue weighted by Crippen LogP contribution is -2.43.